The highest BCUT2D eigenvalue weighted by Crippen LogP contribution is 2.37. The van der Waals surface area contributed by atoms with Gasteiger partial charge in [0.25, 0.3) is 5.91 Å². The Morgan fingerprint density at radius 3 is 2.32 bits per heavy atom. The summed E-state index contributed by atoms with van der Waals surface area (Å²) in [6, 6.07) is 21.8. The summed E-state index contributed by atoms with van der Waals surface area (Å²) in [7, 11) is 0. The Morgan fingerprint density at radius 2 is 1.68 bits per heavy atom. The topological polar surface area (TPSA) is 96.3 Å². The highest BCUT2D eigenvalue weighted by atomic mass is 16.5. The molecule has 0 unspecified atom stereocenters. The summed E-state index contributed by atoms with van der Waals surface area (Å²) in [6.07, 6.45) is -0.549. The van der Waals surface area contributed by atoms with Crippen LogP contribution in [0, 0.1) is 6.92 Å². The van der Waals surface area contributed by atoms with Crippen LogP contribution in [0.3, 0.4) is 0 Å². The molecule has 3 aromatic carbocycles. The number of aliphatic hydroxyl groups is 1. The van der Waals surface area contributed by atoms with Crippen molar-refractivity contribution in [3.05, 3.63) is 101 Å². The van der Waals surface area contributed by atoms with Crippen LogP contribution in [0.1, 0.15) is 46.8 Å². The molecule has 3 aromatic rings. The molecule has 2 N–H and O–H groups in total. The fourth-order valence-electron chi connectivity index (χ4n) is 5.04. The lowest BCUT2D eigenvalue weighted by atomic mass is 9.90. The fourth-order valence-corrected chi connectivity index (χ4v) is 5.04. The standard InChI is InChI=1S/C30H31NO6/c1-19-12-13-22-17-31(29(33)28(21-10-6-3-7-11-21)37-24-14-23(32)15-24)26(30(34)35)16-25(22)27(19)36-18-20-8-4-2-5-9-20/h2-13,23-24,26,28,32H,14-18H2,1H3,(H,34,35)/t23?,24?,26-,28-/m1/s1. The highest BCUT2D eigenvalue weighted by Gasteiger charge is 2.41. The molecule has 0 spiro atoms. The van der Waals surface area contributed by atoms with E-state index in [0.717, 1.165) is 22.3 Å². The summed E-state index contributed by atoms with van der Waals surface area (Å²) in [5.74, 6) is -0.780. The maximum atomic E-state index is 13.9. The number of carboxylic acids is 1. The Morgan fingerprint density at radius 1 is 1.00 bits per heavy atom. The minimum absolute atomic E-state index is 0.145. The van der Waals surface area contributed by atoms with Gasteiger partial charge in [-0.25, -0.2) is 4.79 Å². The lowest BCUT2D eigenvalue weighted by molar-refractivity contribution is -0.167. The second-order valence-corrected chi connectivity index (χ2v) is 9.82. The molecular formula is C30H31NO6. The van der Waals surface area contributed by atoms with Crippen molar-refractivity contribution in [1.29, 1.82) is 0 Å². The van der Waals surface area contributed by atoms with Gasteiger partial charge in [0, 0.05) is 18.5 Å². The van der Waals surface area contributed by atoms with Crippen LogP contribution in [-0.2, 0) is 33.9 Å². The molecule has 5 rings (SSSR count). The monoisotopic (exact) mass is 501 g/mol. The number of benzene rings is 3. The van der Waals surface area contributed by atoms with Crippen LogP contribution in [0.5, 0.6) is 5.75 Å². The zero-order valence-corrected chi connectivity index (χ0v) is 20.7. The van der Waals surface area contributed by atoms with E-state index in [2.05, 4.69) is 0 Å². The van der Waals surface area contributed by atoms with E-state index >= 15 is 0 Å². The van der Waals surface area contributed by atoms with Gasteiger partial charge in [0.05, 0.1) is 12.2 Å². The van der Waals surface area contributed by atoms with Gasteiger partial charge in [-0.3, -0.25) is 4.79 Å². The number of hydrogen-bond acceptors (Lipinski definition) is 5. The number of ether oxygens (including phenoxy) is 2. The van der Waals surface area contributed by atoms with Crippen molar-refractivity contribution in [2.75, 3.05) is 0 Å². The second kappa shape index (κ2) is 10.7. The predicted molar refractivity (Wildman–Crippen MR) is 137 cm³/mol. The third-order valence-corrected chi connectivity index (χ3v) is 7.19. The molecule has 0 bridgehead atoms. The van der Waals surface area contributed by atoms with Crippen LogP contribution in [0.4, 0.5) is 0 Å². The number of aliphatic carboxylic acids is 1. The summed E-state index contributed by atoms with van der Waals surface area (Å²) in [4.78, 5) is 27.7. The van der Waals surface area contributed by atoms with Crippen molar-refractivity contribution >= 4 is 11.9 Å². The first-order valence-electron chi connectivity index (χ1n) is 12.6. The van der Waals surface area contributed by atoms with Gasteiger partial charge in [-0.05, 0) is 42.0 Å². The molecule has 37 heavy (non-hydrogen) atoms. The van der Waals surface area contributed by atoms with E-state index in [1.54, 1.807) is 0 Å². The highest BCUT2D eigenvalue weighted by molar-refractivity contribution is 5.88. The largest absolute Gasteiger partial charge is 0.488 e. The van der Waals surface area contributed by atoms with Crippen molar-refractivity contribution in [3.8, 4) is 5.75 Å². The van der Waals surface area contributed by atoms with Crippen molar-refractivity contribution < 1.29 is 29.3 Å². The van der Waals surface area contributed by atoms with E-state index in [1.807, 2.05) is 79.7 Å². The van der Waals surface area contributed by atoms with E-state index in [0.29, 0.717) is 30.8 Å². The van der Waals surface area contributed by atoms with Crippen LogP contribution in [0.25, 0.3) is 0 Å². The molecular weight excluding hydrogens is 470 g/mol. The van der Waals surface area contributed by atoms with Crippen molar-refractivity contribution in [2.24, 2.45) is 0 Å². The minimum atomic E-state index is -1.07. The van der Waals surface area contributed by atoms with Crippen LogP contribution in [-0.4, -0.2) is 45.2 Å². The normalized spacial score (nSPS) is 21.5. The van der Waals surface area contributed by atoms with Gasteiger partial charge >= 0.3 is 5.97 Å². The second-order valence-electron chi connectivity index (χ2n) is 9.82. The molecule has 2 atom stereocenters. The Bertz CT molecular complexity index is 1260. The van der Waals surface area contributed by atoms with Crippen LogP contribution in [0.15, 0.2) is 72.8 Å². The smallest absolute Gasteiger partial charge is 0.326 e. The minimum Gasteiger partial charge on any atom is -0.488 e. The molecule has 0 radical (unpaired) electrons. The first-order valence-corrected chi connectivity index (χ1v) is 12.6. The van der Waals surface area contributed by atoms with E-state index in [9.17, 15) is 19.8 Å². The molecule has 0 aromatic heterocycles. The molecule has 192 valence electrons. The third-order valence-electron chi connectivity index (χ3n) is 7.19. The maximum absolute atomic E-state index is 13.9. The Hall–Kier alpha value is -3.68. The van der Waals surface area contributed by atoms with Gasteiger partial charge in [-0.1, -0.05) is 72.8 Å². The van der Waals surface area contributed by atoms with Gasteiger partial charge in [-0.15, -0.1) is 0 Å². The molecule has 7 nitrogen and oxygen atoms in total. The van der Waals surface area contributed by atoms with E-state index in [1.165, 1.54) is 4.90 Å². The number of nitrogens with zero attached hydrogens (tertiary/aromatic N) is 1. The summed E-state index contributed by atoms with van der Waals surface area (Å²) >= 11 is 0. The molecule has 2 aliphatic rings. The summed E-state index contributed by atoms with van der Waals surface area (Å²) in [6.45, 7) is 2.46. The lowest BCUT2D eigenvalue weighted by Crippen LogP contribution is -2.51. The summed E-state index contributed by atoms with van der Waals surface area (Å²) in [5.41, 5.74) is 4.30. The van der Waals surface area contributed by atoms with Crippen molar-refractivity contribution in [1.82, 2.24) is 4.90 Å². The van der Waals surface area contributed by atoms with Gasteiger partial charge in [0.2, 0.25) is 0 Å². The maximum Gasteiger partial charge on any atom is 0.326 e. The van der Waals surface area contributed by atoms with Crippen LogP contribution in [0.2, 0.25) is 0 Å². The fraction of sp³-hybridized carbons (Fsp3) is 0.333. The number of carboxylic acid groups (broad SMARTS) is 1. The van der Waals surface area contributed by atoms with Crippen molar-refractivity contribution in [2.45, 2.75) is 63.7 Å². The molecule has 1 saturated carbocycles. The zero-order valence-electron chi connectivity index (χ0n) is 20.7. The first-order chi connectivity index (χ1) is 17.9. The Labute approximate surface area is 216 Å². The SMILES string of the molecule is Cc1ccc2c(c1OCc1ccccc1)C[C@H](C(=O)O)N(C(=O)[C@H](OC1CC(O)C1)c1ccccc1)C2. The van der Waals surface area contributed by atoms with Gasteiger partial charge in [0.15, 0.2) is 6.10 Å². The average Bonchev–Trinajstić information content (AvgIpc) is 2.90. The van der Waals surface area contributed by atoms with Crippen LogP contribution < -0.4 is 4.74 Å². The number of carbonyl (C=O) groups is 2. The van der Waals surface area contributed by atoms with Gasteiger partial charge < -0.3 is 24.6 Å². The van der Waals surface area contributed by atoms with Gasteiger partial charge in [0.1, 0.15) is 18.4 Å². The quantitative estimate of drug-likeness (QED) is 0.481. The molecule has 1 aliphatic carbocycles. The lowest BCUT2D eigenvalue weighted by Gasteiger charge is -2.39. The molecule has 0 saturated heterocycles. The number of rotatable bonds is 8. The van der Waals surface area contributed by atoms with E-state index in [-0.39, 0.29) is 19.1 Å². The summed E-state index contributed by atoms with van der Waals surface area (Å²) < 4.78 is 12.3. The third kappa shape index (κ3) is 5.38. The molecule has 1 fully saturated rings. The van der Waals surface area contributed by atoms with E-state index < -0.39 is 30.1 Å². The number of amides is 1. The number of aliphatic hydroxyl groups excluding tert-OH is 1. The van der Waals surface area contributed by atoms with Crippen molar-refractivity contribution in [3.63, 3.8) is 0 Å². The number of carbonyl (C=O) groups excluding carboxylic acids is 1. The predicted octanol–water partition coefficient (Wildman–Crippen LogP) is 4.19. The Kier molecular flexibility index (Phi) is 7.26. The molecule has 7 heteroatoms. The Balaban J connectivity index is 1.43. The molecule has 1 aliphatic heterocycles. The average molecular weight is 502 g/mol. The van der Waals surface area contributed by atoms with Crippen LogP contribution >= 0.6 is 0 Å². The number of fused-ring (bicyclic) bond motifs is 1. The number of aryl methyl sites for hydroxylation is 1. The number of hydrogen-bond donors (Lipinski definition) is 2. The first kappa shape index (κ1) is 25.0. The molecule has 1 heterocycles. The molecule has 1 amide bonds. The summed E-state index contributed by atoms with van der Waals surface area (Å²) in [5, 5.41) is 19.9. The van der Waals surface area contributed by atoms with Gasteiger partial charge in [-0.2, -0.15) is 0 Å². The van der Waals surface area contributed by atoms with E-state index in [4.69, 9.17) is 9.47 Å². The zero-order chi connectivity index (χ0) is 25.9.